The number of benzene rings is 1. The Kier molecular flexibility index (Phi) is 4.51. The van der Waals surface area contributed by atoms with Gasteiger partial charge in [-0.25, -0.2) is 0 Å². The first kappa shape index (κ1) is 9.90. The van der Waals surface area contributed by atoms with Crippen LogP contribution in [0, 0.1) is 0 Å². The Morgan fingerprint density at radius 3 is 2.83 bits per heavy atom. The van der Waals surface area contributed by atoms with Crippen LogP contribution in [0.5, 0.6) is 0 Å². The van der Waals surface area contributed by atoms with Crippen molar-refractivity contribution in [2.75, 3.05) is 19.5 Å². The van der Waals surface area contributed by atoms with E-state index in [0.29, 0.717) is 0 Å². The zero-order valence-electron chi connectivity index (χ0n) is 6.92. The SMILES string of the molecule is COCCSc1ccccc1Cl. The second-order valence-corrected chi connectivity index (χ2v) is 3.82. The van der Waals surface area contributed by atoms with Crippen LogP contribution in [0.3, 0.4) is 0 Å². The summed E-state index contributed by atoms with van der Waals surface area (Å²) in [6, 6.07) is 7.84. The predicted octanol–water partition coefficient (Wildman–Crippen LogP) is 3.08. The summed E-state index contributed by atoms with van der Waals surface area (Å²) in [5.41, 5.74) is 0. The molecule has 0 spiro atoms. The van der Waals surface area contributed by atoms with Crippen molar-refractivity contribution in [2.45, 2.75) is 4.90 Å². The van der Waals surface area contributed by atoms with E-state index in [4.69, 9.17) is 16.3 Å². The molecule has 1 nitrogen and oxygen atoms in total. The lowest BCUT2D eigenvalue weighted by molar-refractivity contribution is 0.218. The van der Waals surface area contributed by atoms with Gasteiger partial charge < -0.3 is 4.74 Å². The highest BCUT2D eigenvalue weighted by Crippen LogP contribution is 2.25. The van der Waals surface area contributed by atoms with Crippen LogP contribution in [-0.2, 0) is 4.74 Å². The van der Waals surface area contributed by atoms with Gasteiger partial charge in [0.25, 0.3) is 0 Å². The van der Waals surface area contributed by atoms with E-state index in [2.05, 4.69) is 0 Å². The number of halogens is 1. The Balaban J connectivity index is 2.46. The minimum atomic E-state index is 0.760. The van der Waals surface area contributed by atoms with Gasteiger partial charge in [-0.1, -0.05) is 23.7 Å². The van der Waals surface area contributed by atoms with Gasteiger partial charge in [-0.3, -0.25) is 0 Å². The van der Waals surface area contributed by atoms with Gasteiger partial charge in [0.15, 0.2) is 0 Å². The molecule has 0 aliphatic rings. The van der Waals surface area contributed by atoms with Crippen molar-refractivity contribution >= 4 is 23.4 Å². The number of methoxy groups -OCH3 is 1. The number of hydrogen-bond acceptors (Lipinski definition) is 2. The molecule has 0 amide bonds. The maximum absolute atomic E-state index is 5.94. The van der Waals surface area contributed by atoms with Crippen LogP contribution in [-0.4, -0.2) is 19.5 Å². The van der Waals surface area contributed by atoms with Gasteiger partial charge in [0.1, 0.15) is 0 Å². The van der Waals surface area contributed by atoms with Crippen molar-refractivity contribution in [1.29, 1.82) is 0 Å². The van der Waals surface area contributed by atoms with Crippen LogP contribution < -0.4 is 0 Å². The van der Waals surface area contributed by atoms with Crippen LogP contribution >= 0.6 is 23.4 Å². The lowest BCUT2D eigenvalue weighted by Gasteiger charge is -2.01. The molecular weight excluding hydrogens is 192 g/mol. The third-order valence-corrected chi connectivity index (χ3v) is 2.86. The molecule has 66 valence electrons. The fourth-order valence-corrected chi connectivity index (χ4v) is 1.95. The highest BCUT2D eigenvalue weighted by atomic mass is 35.5. The molecule has 3 heteroatoms. The molecule has 0 aliphatic heterocycles. The molecule has 0 atom stereocenters. The average Bonchev–Trinajstić information content (AvgIpc) is 2.09. The Bertz CT molecular complexity index is 240. The second kappa shape index (κ2) is 5.46. The first-order valence-corrected chi connectivity index (χ1v) is 5.07. The average molecular weight is 203 g/mol. The fourth-order valence-electron chi connectivity index (χ4n) is 0.797. The van der Waals surface area contributed by atoms with Gasteiger partial charge in [-0.2, -0.15) is 0 Å². The van der Waals surface area contributed by atoms with Crippen molar-refractivity contribution in [2.24, 2.45) is 0 Å². The van der Waals surface area contributed by atoms with Crippen molar-refractivity contribution in [3.05, 3.63) is 29.3 Å². The molecule has 0 radical (unpaired) electrons. The van der Waals surface area contributed by atoms with E-state index in [9.17, 15) is 0 Å². The highest BCUT2D eigenvalue weighted by Gasteiger charge is 1.97. The lowest BCUT2D eigenvalue weighted by atomic mass is 10.4. The van der Waals surface area contributed by atoms with E-state index in [1.165, 1.54) is 0 Å². The Morgan fingerprint density at radius 2 is 2.17 bits per heavy atom. The lowest BCUT2D eigenvalue weighted by Crippen LogP contribution is -1.90. The maximum atomic E-state index is 5.94. The highest BCUT2D eigenvalue weighted by molar-refractivity contribution is 7.99. The van der Waals surface area contributed by atoms with Crippen molar-refractivity contribution in [3.8, 4) is 0 Å². The first-order chi connectivity index (χ1) is 5.84. The molecule has 0 aromatic heterocycles. The summed E-state index contributed by atoms with van der Waals surface area (Å²) in [4.78, 5) is 1.12. The minimum Gasteiger partial charge on any atom is -0.384 e. The summed E-state index contributed by atoms with van der Waals surface area (Å²) in [5.74, 6) is 0.945. The van der Waals surface area contributed by atoms with Crippen molar-refractivity contribution in [3.63, 3.8) is 0 Å². The monoisotopic (exact) mass is 202 g/mol. The molecule has 0 N–H and O–H groups in total. The predicted molar refractivity (Wildman–Crippen MR) is 54.1 cm³/mol. The van der Waals surface area contributed by atoms with E-state index < -0.39 is 0 Å². The Hall–Kier alpha value is -0.180. The second-order valence-electron chi connectivity index (χ2n) is 2.27. The van der Waals surface area contributed by atoms with E-state index in [0.717, 1.165) is 22.3 Å². The van der Waals surface area contributed by atoms with E-state index in [1.807, 2.05) is 24.3 Å². The molecule has 0 bridgehead atoms. The molecule has 0 fully saturated rings. The molecule has 1 rings (SSSR count). The van der Waals surface area contributed by atoms with Crippen molar-refractivity contribution in [1.82, 2.24) is 0 Å². The van der Waals surface area contributed by atoms with Gasteiger partial charge in [0, 0.05) is 17.8 Å². The zero-order valence-corrected chi connectivity index (χ0v) is 8.49. The van der Waals surface area contributed by atoms with Crippen LogP contribution in [0.1, 0.15) is 0 Å². The van der Waals surface area contributed by atoms with E-state index >= 15 is 0 Å². The number of rotatable bonds is 4. The first-order valence-electron chi connectivity index (χ1n) is 3.71. The van der Waals surface area contributed by atoms with E-state index in [-0.39, 0.29) is 0 Å². The molecule has 1 aromatic rings. The van der Waals surface area contributed by atoms with Gasteiger partial charge in [-0.05, 0) is 12.1 Å². The smallest absolute Gasteiger partial charge is 0.0556 e. The quantitative estimate of drug-likeness (QED) is 0.548. The Morgan fingerprint density at radius 1 is 1.42 bits per heavy atom. The number of thioether (sulfide) groups is 1. The molecule has 0 saturated carbocycles. The van der Waals surface area contributed by atoms with Crippen LogP contribution in [0.25, 0.3) is 0 Å². The van der Waals surface area contributed by atoms with Gasteiger partial charge in [0.05, 0.1) is 11.6 Å². The minimum absolute atomic E-state index is 0.760. The fraction of sp³-hybridized carbons (Fsp3) is 0.333. The summed E-state index contributed by atoms with van der Waals surface area (Å²) in [6.45, 7) is 0.760. The van der Waals surface area contributed by atoms with Crippen molar-refractivity contribution < 1.29 is 4.74 Å². The van der Waals surface area contributed by atoms with Crippen LogP contribution in [0.15, 0.2) is 29.2 Å². The molecule has 12 heavy (non-hydrogen) atoms. The molecule has 0 aliphatic carbocycles. The molecule has 0 heterocycles. The third kappa shape index (κ3) is 3.05. The van der Waals surface area contributed by atoms with E-state index in [1.54, 1.807) is 18.9 Å². The third-order valence-electron chi connectivity index (χ3n) is 1.38. The Labute approximate surface area is 82.1 Å². The summed E-state index contributed by atoms with van der Waals surface area (Å²) < 4.78 is 4.94. The summed E-state index contributed by atoms with van der Waals surface area (Å²) >= 11 is 7.66. The van der Waals surface area contributed by atoms with Crippen LogP contribution in [0.2, 0.25) is 5.02 Å². The number of ether oxygens (including phenoxy) is 1. The summed E-state index contributed by atoms with van der Waals surface area (Å²) in [5, 5.41) is 0.818. The van der Waals surface area contributed by atoms with Gasteiger partial charge in [0.2, 0.25) is 0 Å². The van der Waals surface area contributed by atoms with Gasteiger partial charge >= 0.3 is 0 Å². The zero-order chi connectivity index (χ0) is 8.81. The maximum Gasteiger partial charge on any atom is 0.0556 e. The van der Waals surface area contributed by atoms with Crippen LogP contribution in [0.4, 0.5) is 0 Å². The van der Waals surface area contributed by atoms with Gasteiger partial charge in [-0.15, -0.1) is 11.8 Å². The standard InChI is InChI=1S/C9H11ClOS/c1-11-6-7-12-9-5-3-2-4-8(9)10/h2-5H,6-7H2,1H3. The molecule has 1 aromatic carbocycles. The number of hydrogen-bond donors (Lipinski definition) is 0. The molecule has 0 saturated heterocycles. The summed E-state index contributed by atoms with van der Waals surface area (Å²) in [7, 11) is 1.70. The molecule has 0 unspecified atom stereocenters. The summed E-state index contributed by atoms with van der Waals surface area (Å²) in [6.07, 6.45) is 0. The normalized spacial score (nSPS) is 10.2. The molecular formula is C9H11ClOS. The largest absolute Gasteiger partial charge is 0.384 e. The topological polar surface area (TPSA) is 9.23 Å².